The van der Waals surface area contributed by atoms with Crippen molar-refractivity contribution in [2.24, 2.45) is 5.41 Å². The monoisotopic (exact) mass is 570 g/mol. The summed E-state index contributed by atoms with van der Waals surface area (Å²) in [5, 5.41) is 19.9. The third-order valence-corrected chi connectivity index (χ3v) is 7.47. The molecule has 0 saturated heterocycles. The number of ketones is 2. The minimum absolute atomic E-state index is 0.0189. The van der Waals surface area contributed by atoms with Crippen LogP contribution in [0, 0.1) is 5.41 Å². The molecule has 8 heteroatoms. The number of carbonyl (C=O) groups excluding carboxylic acids is 2. The summed E-state index contributed by atoms with van der Waals surface area (Å²) in [4.78, 5) is 28.4. The van der Waals surface area contributed by atoms with E-state index in [0.717, 1.165) is 5.56 Å². The molecule has 218 valence electrons. The highest BCUT2D eigenvalue weighted by atomic mass is 16.5. The van der Waals surface area contributed by atoms with Gasteiger partial charge in [0.25, 0.3) is 0 Å². The third kappa shape index (κ3) is 6.02. The molecule has 4 rings (SSSR count). The highest BCUT2D eigenvalue weighted by molar-refractivity contribution is 6.18. The molecule has 0 saturated carbocycles. The number of rotatable bonds is 11. The van der Waals surface area contributed by atoms with E-state index in [0.29, 0.717) is 29.0 Å². The zero-order chi connectivity index (χ0) is 30.3. The summed E-state index contributed by atoms with van der Waals surface area (Å²) in [5.41, 5.74) is 0.524. The van der Waals surface area contributed by atoms with Crippen molar-refractivity contribution in [2.75, 3.05) is 28.4 Å². The Hall–Kier alpha value is -4.98. The maximum atomic E-state index is 14.2. The lowest BCUT2D eigenvalue weighted by Crippen LogP contribution is -2.44. The lowest BCUT2D eigenvalue weighted by molar-refractivity contribution is -0.136. The number of hydrogen-bond donors (Lipinski definition) is 2. The molecule has 0 amide bonds. The van der Waals surface area contributed by atoms with Gasteiger partial charge in [-0.1, -0.05) is 42.5 Å². The SMILES string of the molecule is COc1cc(C=CC(=O)C2(C(=O)C=Cc3ccc(O)c(OC)c3)CCC=CC2c2ccc(OC)c(OC)c2)ccc1O. The van der Waals surface area contributed by atoms with Crippen LogP contribution in [0.25, 0.3) is 12.2 Å². The van der Waals surface area contributed by atoms with Gasteiger partial charge in [-0.05, 0) is 78.1 Å². The molecule has 8 nitrogen and oxygen atoms in total. The van der Waals surface area contributed by atoms with Crippen LogP contribution < -0.4 is 18.9 Å². The topological polar surface area (TPSA) is 112 Å². The lowest BCUT2D eigenvalue weighted by atomic mass is 9.61. The zero-order valence-corrected chi connectivity index (χ0v) is 24.0. The van der Waals surface area contributed by atoms with E-state index < -0.39 is 11.3 Å². The number of carbonyl (C=O) groups is 2. The summed E-state index contributed by atoms with van der Waals surface area (Å²) < 4.78 is 21.3. The summed E-state index contributed by atoms with van der Waals surface area (Å²) >= 11 is 0. The van der Waals surface area contributed by atoms with Crippen LogP contribution in [0.4, 0.5) is 0 Å². The quantitative estimate of drug-likeness (QED) is 0.161. The van der Waals surface area contributed by atoms with E-state index in [1.54, 1.807) is 55.7 Å². The van der Waals surface area contributed by atoms with Crippen LogP contribution in [0.5, 0.6) is 34.5 Å². The van der Waals surface area contributed by atoms with Gasteiger partial charge < -0.3 is 29.2 Å². The number of methoxy groups -OCH3 is 4. The lowest BCUT2D eigenvalue weighted by Gasteiger charge is -2.38. The van der Waals surface area contributed by atoms with Gasteiger partial charge >= 0.3 is 0 Å². The van der Waals surface area contributed by atoms with Gasteiger partial charge in [0.1, 0.15) is 5.41 Å². The highest BCUT2D eigenvalue weighted by Gasteiger charge is 2.49. The molecule has 3 aromatic rings. The second-order valence-electron chi connectivity index (χ2n) is 9.79. The molecule has 0 radical (unpaired) electrons. The molecular formula is C34H34O8. The molecular weight excluding hydrogens is 536 g/mol. The average molecular weight is 571 g/mol. The molecule has 2 N–H and O–H groups in total. The number of ether oxygens (including phenoxy) is 4. The van der Waals surface area contributed by atoms with E-state index >= 15 is 0 Å². The maximum absolute atomic E-state index is 14.2. The summed E-state index contributed by atoms with van der Waals surface area (Å²) in [6.45, 7) is 0. The molecule has 0 aliphatic heterocycles. The number of hydrogen-bond acceptors (Lipinski definition) is 8. The predicted molar refractivity (Wildman–Crippen MR) is 160 cm³/mol. The van der Waals surface area contributed by atoms with Crippen molar-refractivity contribution in [1.29, 1.82) is 0 Å². The third-order valence-electron chi connectivity index (χ3n) is 7.47. The number of benzene rings is 3. The van der Waals surface area contributed by atoms with Gasteiger partial charge in [-0.3, -0.25) is 9.59 Å². The first kappa shape index (κ1) is 30.0. The van der Waals surface area contributed by atoms with Crippen molar-refractivity contribution in [1.82, 2.24) is 0 Å². The average Bonchev–Trinajstić information content (AvgIpc) is 3.03. The van der Waals surface area contributed by atoms with Crippen molar-refractivity contribution in [2.45, 2.75) is 18.8 Å². The summed E-state index contributed by atoms with van der Waals surface area (Å²) in [7, 11) is 5.96. The van der Waals surface area contributed by atoms with Crippen molar-refractivity contribution < 1.29 is 38.7 Å². The molecule has 0 heterocycles. The molecule has 1 atom stereocenters. The Labute approximate surface area is 245 Å². The van der Waals surface area contributed by atoms with Gasteiger partial charge in [-0.15, -0.1) is 0 Å². The minimum atomic E-state index is -1.45. The molecule has 0 fully saturated rings. The van der Waals surface area contributed by atoms with E-state index in [2.05, 4.69) is 0 Å². The fourth-order valence-electron chi connectivity index (χ4n) is 5.22. The zero-order valence-electron chi connectivity index (χ0n) is 24.0. The molecule has 3 aromatic carbocycles. The first-order valence-corrected chi connectivity index (χ1v) is 13.3. The number of phenolic OH excluding ortho intramolecular Hbond substituents is 2. The fourth-order valence-corrected chi connectivity index (χ4v) is 5.22. The van der Waals surface area contributed by atoms with Crippen molar-refractivity contribution in [3.8, 4) is 34.5 Å². The van der Waals surface area contributed by atoms with Crippen LogP contribution in [0.3, 0.4) is 0 Å². The summed E-state index contributed by atoms with van der Waals surface area (Å²) in [5.74, 6) is 0.201. The summed E-state index contributed by atoms with van der Waals surface area (Å²) in [6.07, 6.45) is 10.7. The van der Waals surface area contributed by atoms with E-state index in [9.17, 15) is 19.8 Å². The molecule has 0 spiro atoms. The number of aromatic hydroxyl groups is 2. The van der Waals surface area contributed by atoms with Gasteiger partial charge in [0.05, 0.1) is 28.4 Å². The molecule has 42 heavy (non-hydrogen) atoms. The van der Waals surface area contributed by atoms with Crippen molar-refractivity contribution in [3.05, 3.63) is 95.6 Å². The van der Waals surface area contributed by atoms with Crippen LogP contribution in [0.1, 0.15) is 35.4 Å². The highest BCUT2D eigenvalue weighted by Crippen LogP contribution is 2.48. The Morgan fingerprint density at radius 3 is 1.74 bits per heavy atom. The van der Waals surface area contributed by atoms with E-state index in [1.165, 1.54) is 45.6 Å². The minimum Gasteiger partial charge on any atom is -0.504 e. The van der Waals surface area contributed by atoms with Gasteiger partial charge in [0, 0.05) is 5.92 Å². The fraction of sp³-hybridized carbons (Fsp3) is 0.235. The Morgan fingerprint density at radius 1 is 0.714 bits per heavy atom. The first-order valence-electron chi connectivity index (χ1n) is 13.3. The molecule has 0 bridgehead atoms. The Kier molecular flexibility index (Phi) is 9.37. The van der Waals surface area contributed by atoms with Gasteiger partial charge in [0.15, 0.2) is 46.1 Å². The van der Waals surface area contributed by atoms with E-state index in [-0.39, 0.29) is 41.0 Å². The molecule has 1 aliphatic carbocycles. The smallest absolute Gasteiger partial charge is 0.170 e. The summed E-state index contributed by atoms with van der Waals surface area (Å²) in [6, 6.07) is 14.9. The van der Waals surface area contributed by atoms with Crippen LogP contribution in [-0.2, 0) is 9.59 Å². The van der Waals surface area contributed by atoms with Gasteiger partial charge in [-0.25, -0.2) is 0 Å². The first-order chi connectivity index (χ1) is 20.3. The second kappa shape index (κ2) is 13.1. The molecule has 1 unspecified atom stereocenters. The molecule has 1 aliphatic rings. The Balaban J connectivity index is 1.80. The number of allylic oxidation sites excluding steroid dienone is 4. The van der Waals surface area contributed by atoms with E-state index in [1.807, 2.05) is 18.2 Å². The normalized spacial score (nSPS) is 18.2. The largest absolute Gasteiger partial charge is 0.504 e. The standard InChI is InChI=1S/C34H34O8/c1-39-28-15-12-24(21-31(28)42-4)25-7-5-6-18-34(25,32(37)16-10-22-8-13-26(35)29(19-22)40-2)33(38)17-11-23-9-14-27(36)30(20-23)41-3/h5,7-17,19-21,25,35-36H,6,18H2,1-4H3. The van der Waals surface area contributed by atoms with Gasteiger partial charge in [0.2, 0.25) is 0 Å². The van der Waals surface area contributed by atoms with E-state index in [4.69, 9.17) is 18.9 Å². The molecule has 0 aromatic heterocycles. The second-order valence-corrected chi connectivity index (χ2v) is 9.79. The Morgan fingerprint density at radius 2 is 1.24 bits per heavy atom. The van der Waals surface area contributed by atoms with Crippen molar-refractivity contribution in [3.63, 3.8) is 0 Å². The van der Waals surface area contributed by atoms with Crippen molar-refractivity contribution >= 4 is 23.7 Å². The van der Waals surface area contributed by atoms with Crippen LogP contribution in [0.2, 0.25) is 0 Å². The van der Waals surface area contributed by atoms with Gasteiger partial charge in [-0.2, -0.15) is 0 Å². The maximum Gasteiger partial charge on any atom is 0.170 e. The Bertz CT molecular complexity index is 1470. The number of phenols is 2. The van der Waals surface area contributed by atoms with Crippen LogP contribution in [-0.4, -0.2) is 50.2 Å². The van der Waals surface area contributed by atoms with Crippen LogP contribution >= 0.6 is 0 Å². The van der Waals surface area contributed by atoms with Crippen LogP contribution in [0.15, 0.2) is 78.9 Å². The predicted octanol–water partition coefficient (Wildman–Crippen LogP) is 6.12.